The minimum absolute atomic E-state index is 0.276. The SMILES string of the molecule is Cc1cnc(NN)nc1NCc1ccc(F)c(F)c1. The maximum Gasteiger partial charge on any atom is 0.239 e. The molecule has 100 valence electrons. The van der Waals surface area contributed by atoms with Gasteiger partial charge in [-0.15, -0.1) is 0 Å². The average molecular weight is 265 g/mol. The monoisotopic (exact) mass is 265 g/mol. The molecule has 0 aliphatic heterocycles. The third-order valence-corrected chi connectivity index (χ3v) is 2.54. The molecule has 4 N–H and O–H groups in total. The van der Waals surface area contributed by atoms with Gasteiger partial charge in [-0.1, -0.05) is 6.07 Å². The molecule has 2 aromatic rings. The molecule has 0 fully saturated rings. The highest BCUT2D eigenvalue weighted by molar-refractivity contribution is 5.46. The molecular formula is C12H13F2N5. The second-order valence-electron chi connectivity index (χ2n) is 3.97. The molecule has 0 radical (unpaired) electrons. The van der Waals surface area contributed by atoms with Crippen LogP contribution in [0.15, 0.2) is 24.4 Å². The summed E-state index contributed by atoms with van der Waals surface area (Å²) in [5.41, 5.74) is 3.77. The van der Waals surface area contributed by atoms with E-state index in [1.54, 1.807) is 6.20 Å². The predicted molar refractivity (Wildman–Crippen MR) is 68.3 cm³/mol. The molecular weight excluding hydrogens is 252 g/mol. The first-order valence-electron chi connectivity index (χ1n) is 5.58. The molecule has 0 spiro atoms. The fraction of sp³-hybridized carbons (Fsp3) is 0.167. The van der Waals surface area contributed by atoms with Gasteiger partial charge in [0.15, 0.2) is 11.6 Å². The lowest BCUT2D eigenvalue weighted by Crippen LogP contribution is -2.12. The molecule has 1 heterocycles. The van der Waals surface area contributed by atoms with E-state index in [2.05, 4.69) is 20.7 Å². The van der Waals surface area contributed by atoms with Crippen molar-refractivity contribution in [2.75, 3.05) is 10.7 Å². The van der Waals surface area contributed by atoms with Crippen molar-refractivity contribution < 1.29 is 8.78 Å². The first-order valence-corrected chi connectivity index (χ1v) is 5.58. The average Bonchev–Trinajstić information content (AvgIpc) is 2.41. The Hall–Kier alpha value is -2.28. The summed E-state index contributed by atoms with van der Waals surface area (Å²) >= 11 is 0. The molecule has 2 rings (SSSR count). The van der Waals surface area contributed by atoms with Crippen LogP contribution in [0.25, 0.3) is 0 Å². The fourth-order valence-electron chi connectivity index (χ4n) is 1.53. The van der Waals surface area contributed by atoms with E-state index in [9.17, 15) is 8.78 Å². The largest absolute Gasteiger partial charge is 0.366 e. The van der Waals surface area contributed by atoms with Gasteiger partial charge in [-0.2, -0.15) is 4.98 Å². The number of anilines is 2. The highest BCUT2D eigenvalue weighted by Gasteiger charge is 2.05. The molecule has 0 saturated carbocycles. The second-order valence-corrected chi connectivity index (χ2v) is 3.97. The minimum Gasteiger partial charge on any atom is -0.366 e. The van der Waals surface area contributed by atoms with Crippen LogP contribution in [0.1, 0.15) is 11.1 Å². The molecule has 0 bridgehead atoms. The number of nitrogens with one attached hydrogen (secondary N) is 2. The maximum absolute atomic E-state index is 13.0. The van der Waals surface area contributed by atoms with Gasteiger partial charge in [-0.25, -0.2) is 19.6 Å². The van der Waals surface area contributed by atoms with Crippen LogP contribution < -0.4 is 16.6 Å². The van der Waals surface area contributed by atoms with Gasteiger partial charge < -0.3 is 5.32 Å². The summed E-state index contributed by atoms with van der Waals surface area (Å²) in [7, 11) is 0. The number of hydrazine groups is 1. The number of nitrogens with zero attached hydrogens (tertiary/aromatic N) is 2. The van der Waals surface area contributed by atoms with E-state index in [-0.39, 0.29) is 5.95 Å². The van der Waals surface area contributed by atoms with Gasteiger partial charge in [-0.3, -0.25) is 5.43 Å². The molecule has 0 aliphatic rings. The van der Waals surface area contributed by atoms with E-state index >= 15 is 0 Å². The van der Waals surface area contributed by atoms with Crippen molar-refractivity contribution in [3.05, 3.63) is 47.2 Å². The quantitative estimate of drug-likeness (QED) is 0.582. The molecule has 0 unspecified atom stereocenters. The summed E-state index contributed by atoms with van der Waals surface area (Å²) in [5.74, 6) is 4.33. The lowest BCUT2D eigenvalue weighted by Gasteiger charge is -2.09. The summed E-state index contributed by atoms with van der Waals surface area (Å²) in [6.07, 6.45) is 1.61. The third-order valence-electron chi connectivity index (χ3n) is 2.54. The number of hydrogen-bond acceptors (Lipinski definition) is 5. The van der Waals surface area contributed by atoms with Crippen LogP contribution in [0.4, 0.5) is 20.5 Å². The third kappa shape index (κ3) is 3.14. The van der Waals surface area contributed by atoms with Crippen molar-refractivity contribution in [2.24, 2.45) is 5.84 Å². The molecule has 1 aromatic carbocycles. The Morgan fingerprint density at radius 1 is 1.26 bits per heavy atom. The zero-order valence-electron chi connectivity index (χ0n) is 10.2. The number of nitrogen functional groups attached to an aromatic ring is 1. The number of aryl methyl sites for hydroxylation is 1. The summed E-state index contributed by atoms with van der Waals surface area (Å²) in [6.45, 7) is 2.15. The summed E-state index contributed by atoms with van der Waals surface area (Å²) in [4.78, 5) is 8.06. The molecule has 1 aromatic heterocycles. The molecule has 5 nitrogen and oxygen atoms in total. The number of rotatable bonds is 4. The van der Waals surface area contributed by atoms with Crippen LogP contribution in [0, 0.1) is 18.6 Å². The van der Waals surface area contributed by atoms with Crippen LogP contribution in [-0.4, -0.2) is 9.97 Å². The highest BCUT2D eigenvalue weighted by Crippen LogP contribution is 2.14. The smallest absolute Gasteiger partial charge is 0.239 e. The van der Waals surface area contributed by atoms with E-state index in [4.69, 9.17) is 5.84 Å². The molecule has 0 amide bonds. The number of benzene rings is 1. The van der Waals surface area contributed by atoms with Crippen molar-refractivity contribution in [1.82, 2.24) is 9.97 Å². The number of halogens is 2. The summed E-state index contributed by atoms with van der Waals surface area (Å²) < 4.78 is 25.8. The van der Waals surface area contributed by atoms with E-state index in [0.29, 0.717) is 17.9 Å². The van der Waals surface area contributed by atoms with Gasteiger partial charge in [0.25, 0.3) is 0 Å². The van der Waals surface area contributed by atoms with Crippen LogP contribution >= 0.6 is 0 Å². The Morgan fingerprint density at radius 3 is 2.74 bits per heavy atom. The van der Waals surface area contributed by atoms with Crippen molar-refractivity contribution in [3.63, 3.8) is 0 Å². The number of hydrogen-bond donors (Lipinski definition) is 3. The lowest BCUT2D eigenvalue weighted by molar-refractivity contribution is 0.507. The van der Waals surface area contributed by atoms with Gasteiger partial charge in [-0.05, 0) is 24.6 Å². The zero-order chi connectivity index (χ0) is 13.8. The summed E-state index contributed by atoms with van der Waals surface area (Å²) in [5, 5.41) is 3.01. The first-order chi connectivity index (χ1) is 9.10. The van der Waals surface area contributed by atoms with E-state index in [0.717, 1.165) is 17.7 Å². The van der Waals surface area contributed by atoms with Crippen LogP contribution in [0.2, 0.25) is 0 Å². The van der Waals surface area contributed by atoms with Gasteiger partial charge >= 0.3 is 0 Å². The topological polar surface area (TPSA) is 75.9 Å². The Balaban J connectivity index is 2.11. The molecule has 19 heavy (non-hydrogen) atoms. The van der Waals surface area contributed by atoms with Crippen molar-refractivity contribution in [3.8, 4) is 0 Å². The van der Waals surface area contributed by atoms with E-state index in [1.165, 1.54) is 6.07 Å². The van der Waals surface area contributed by atoms with Crippen molar-refractivity contribution in [2.45, 2.75) is 13.5 Å². The van der Waals surface area contributed by atoms with E-state index < -0.39 is 11.6 Å². The molecule has 0 aliphatic carbocycles. The summed E-state index contributed by atoms with van der Waals surface area (Å²) in [6, 6.07) is 3.73. The number of aromatic nitrogens is 2. The van der Waals surface area contributed by atoms with Gasteiger partial charge in [0, 0.05) is 18.3 Å². The Kier molecular flexibility index (Phi) is 3.86. The van der Waals surface area contributed by atoms with E-state index in [1.807, 2.05) is 6.92 Å². The van der Waals surface area contributed by atoms with Crippen LogP contribution in [-0.2, 0) is 6.54 Å². The van der Waals surface area contributed by atoms with Crippen molar-refractivity contribution >= 4 is 11.8 Å². The lowest BCUT2D eigenvalue weighted by atomic mass is 10.2. The first kappa shape index (κ1) is 13.2. The van der Waals surface area contributed by atoms with Crippen LogP contribution in [0.5, 0.6) is 0 Å². The second kappa shape index (κ2) is 5.57. The van der Waals surface area contributed by atoms with Gasteiger partial charge in [0.1, 0.15) is 5.82 Å². The molecule has 7 heteroatoms. The molecule has 0 saturated heterocycles. The van der Waals surface area contributed by atoms with Gasteiger partial charge in [0.05, 0.1) is 0 Å². The fourth-order valence-corrected chi connectivity index (χ4v) is 1.53. The normalized spacial score (nSPS) is 10.3. The molecule has 0 atom stereocenters. The Bertz CT molecular complexity index is 588. The minimum atomic E-state index is -0.872. The highest BCUT2D eigenvalue weighted by atomic mass is 19.2. The van der Waals surface area contributed by atoms with Gasteiger partial charge in [0.2, 0.25) is 5.95 Å². The predicted octanol–water partition coefficient (Wildman–Crippen LogP) is 1.96. The maximum atomic E-state index is 13.0. The zero-order valence-corrected chi connectivity index (χ0v) is 10.2. The van der Waals surface area contributed by atoms with Crippen LogP contribution in [0.3, 0.4) is 0 Å². The Labute approximate surface area is 108 Å². The Morgan fingerprint density at radius 2 is 2.05 bits per heavy atom. The number of nitrogens with two attached hydrogens (primary N) is 1. The standard InChI is InChI=1S/C12H13F2N5/c1-7-5-17-12(19-15)18-11(7)16-6-8-2-3-9(13)10(14)4-8/h2-5H,6,15H2,1H3,(H2,16,17,18,19). The van der Waals surface area contributed by atoms with Crippen molar-refractivity contribution in [1.29, 1.82) is 0 Å².